The Morgan fingerprint density at radius 3 is 2.09 bits per heavy atom. The molecular weight excluding hydrogens is 347 g/mol. The molecule has 3 N–H and O–H groups in total. The van der Waals surface area contributed by atoms with Gasteiger partial charge in [0, 0.05) is 11.1 Å². The molecule has 0 fully saturated rings. The largest absolute Gasteiger partial charge is 0.295 e. The van der Waals surface area contributed by atoms with Crippen LogP contribution < -0.4 is 5.14 Å². The number of nitrogens with two attached hydrogens (primary N) is 1. The van der Waals surface area contributed by atoms with E-state index in [4.69, 9.17) is 10.4 Å². The van der Waals surface area contributed by atoms with Crippen molar-refractivity contribution in [1.29, 1.82) is 5.26 Å². The van der Waals surface area contributed by atoms with Crippen LogP contribution in [0.4, 0.5) is 4.39 Å². The second-order valence-electron chi connectivity index (χ2n) is 4.42. The first-order chi connectivity index (χ1) is 10.6. The lowest BCUT2D eigenvalue weighted by Crippen LogP contribution is -2.16. The number of hydrogen-bond donors (Lipinski definition) is 2. The number of primary sulfonamides is 1. The van der Waals surface area contributed by atoms with E-state index in [1.807, 2.05) is 0 Å². The summed E-state index contributed by atoms with van der Waals surface area (Å²) < 4.78 is 70.0. The lowest BCUT2D eigenvalue weighted by atomic mass is 9.99. The van der Waals surface area contributed by atoms with Crippen LogP contribution in [0.3, 0.4) is 0 Å². The summed E-state index contributed by atoms with van der Waals surface area (Å²) in [6, 6.07) is 7.79. The van der Waals surface area contributed by atoms with Crippen molar-refractivity contribution in [3.63, 3.8) is 0 Å². The van der Waals surface area contributed by atoms with Crippen molar-refractivity contribution in [1.82, 2.24) is 0 Å². The summed E-state index contributed by atoms with van der Waals surface area (Å²) in [6.45, 7) is 0. The van der Waals surface area contributed by atoms with E-state index in [0.717, 1.165) is 24.3 Å². The molecule has 0 unspecified atom stereocenters. The van der Waals surface area contributed by atoms with Gasteiger partial charge in [0.2, 0.25) is 10.0 Å². The van der Waals surface area contributed by atoms with Gasteiger partial charge in [-0.15, -0.1) is 0 Å². The van der Waals surface area contributed by atoms with Crippen molar-refractivity contribution >= 4 is 20.1 Å². The number of hydrogen-bond acceptors (Lipinski definition) is 5. The Hall–Kier alpha value is -2.32. The van der Waals surface area contributed by atoms with Crippen LogP contribution in [0.2, 0.25) is 0 Å². The molecule has 0 aromatic heterocycles. The van der Waals surface area contributed by atoms with E-state index in [1.54, 1.807) is 6.07 Å². The van der Waals surface area contributed by atoms with E-state index in [0.29, 0.717) is 0 Å². The number of halogens is 1. The first-order valence-electron chi connectivity index (χ1n) is 5.89. The standard InChI is InChI=1S/C13H9FN2O5S2/c14-9-4-1-3-8(7-15)12(9)13-10(22(16,17)18)5-2-6-11(13)23(19,20)21/h1-6H,(H2,16,17,18)(H,19,20,21). The summed E-state index contributed by atoms with van der Waals surface area (Å²) >= 11 is 0. The van der Waals surface area contributed by atoms with Crippen LogP contribution in [0.15, 0.2) is 46.2 Å². The summed E-state index contributed by atoms with van der Waals surface area (Å²) in [5, 5.41) is 14.1. The van der Waals surface area contributed by atoms with Crippen molar-refractivity contribution in [2.24, 2.45) is 5.14 Å². The van der Waals surface area contributed by atoms with Crippen LogP contribution in [0.25, 0.3) is 11.1 Å². The second-order valence-corrected chi connectivity index (χ2v) is 7.34. The van der Waals surface area contributed by atoms with Crippen LogP contribution in [0.1, 0.15) is 5.56 Å². The highest BCUT2D eigenvalue weighted by Crippen LogP contribution is 2.36. The maximum absolute atomic E-state index is 14.2. The molecule has 0 aliphatic carbocycles. The third-order valence-corrected chi connectivity index (χ3v) is 4.81. The molecule has 0 saturated heterocycles. The van der Waals surface area contributed by atoms with Gasteiger partial charge < -0.3 is 0 Å². The average Bonchev–Trinajstić information content (AvgIpc) is 2.44. The van der Waals surface area contributed by atoms with Crippen molar-refractivity contribution < 1.29 is 25.8 Å². The van der Waals surface area contributed by atoms with E-state index in [2.05, 4.69) is 0 Å². The second kappa shape index (κ2) is 5.71. The fraction of sp³-hybridized carbons (Fsp3) is 0. The molecule has 0 spiro atoms. The third-order valence-electron chi connectivity index (χ3n) is 2.96. The van der Waals surface area contributed by atoms with Crippen molar-refractivity contribution in [3.8, 4) is 17.2 Å². The Morgan fingerprint density at radius 2 is 1.57 bits per heavy atom. The van der Waals surface area contributed by atoms with Gasteiger partial charge >= 0.3 is 0 Å². The predicted octanol–water partition coefficient (Wildman–Crippen LogP) is 1.26. The summed E-state index contributed by atoms with van der Waals surface area (Å²) in [5.74, 6) is -1.04. The summed E-state index contributed by atoms with van der Waals surface area (Å²) in [5.41, 5.74) is -1.58. The molecule has 0 bridgehead atoms. The molecule has 120 valence electrons. The molecule has 7 nitrogen and oxygen atoms in total. The van der Waals surface area contributed by atoms with Crippen LogP contribution in [-0.2, 0) is 20.1 Å². The van der Waals surface area contributed by atoms with Gasteiger partial charge in [0.25, 0.3) is 10.1 Å². The molecule has 0 atom stereocenters. The number of benzene rings is 2. The first-order valence-corrected chi connectivity index (χ1v) is 8.88. The lowest BCUT2D eigenvalue weighted by Gasteiger charge is -2.14. The molecule has 23 heavy (non-hydrogen) atoms. The van der Waals surface area contributed by atoms with Gasteiger partial charge in [-0.2, -0.15) is 13.7 Å². The van der Waals surface area contributed by atoms with Gasteiger partial charge in [0.1, 0.15) is 10.7 Å². The molecule has 10 heteroatoms. The lowest BCUT2D eigenvalue weighted by molar-refractivity contribution is 0.483. The molecule has 0 radical (unpaired) electrons. The normalized spacial score (nSPS) is 11.9. The molecule has 0 amide bonds. The number of nitriles is 1. The minimum Gasteiger partial charge on any atom is -0.282 e. The summed E-state index contributed by atoms with van der Waals surface area (Å²) in [4.78, 5) is -1.60. The molecule has 0 aliphatic heterocycles. The Kier molecular flexibility index (Phi) is 4.23. The van der Waals surface area contributed by atoms with E-state index >= 15 is 0 Å². The monoisotopic (exact) mass is 356 g/mol. The Bertz CT molecular complexity index is 990. The fourth-order valence-electron chi connectivity index (χ4n) is 2.08. The molecule has 2 aromatic carbocycles. The zero-order valence-corrected chi connectivity index (χ0v) is 12.9. The van der Waals surface area contributed by atoms with E-state index in [1.165, 1.54) is 12.1 Å². The first kappa shape index (κ1) is 17.0. The van der Waals surface area contributed by atoms with Crippen LogP contribution in [-0.4, -0.2) is 21.4 Å². The Morgan fingerprint density at radius 1 is 1.00 bits per heavy atom. The van der Waals surface area contributed by atoms with Gasteiger partial charge in [-0.05, 0) is 24.3 Å². The molecule has 2 aromatic rings. The van der Waals surface area contributed by atoms with Gasteiger partial charge in [0.15, 0.2) is 0 Å². The zero-order valence-electron chi connectivity index (χ0n) is 11.3. The fourth-order valence-corrected chi connectivity index (χ4v) is 3.63. The zero-order chi connectivity index (χ0) is 17.4. The molecule has 2 rings (SSSR count). The highest BCUT2D eigenvalue weighted by molar-refractivity contribution is 7.89. The average molecular weight is 356 g/mol. The van der Waals surface area contributed by atoms with Crippen LogP contribution in [0.5, 0.6) is 0 Å². The quantitative estimate of drug-likeness (QED) is 0.794. The van der Waals surface area contributed by atoms with Gasteiger partial charge in [-0.3, -0.25) is 4.55 Å². The molecule has 0 aliphatic rings. The maximum Gasteiger partial charge on any atom is 0.295 e. The molecular formula is C13H9FN2O5S2. The smallest absolute Gasteiger partial charge is 0.282 e. The van der Waals surface area contributed by atoms with Crippen LogP contribution in [0, 0.1) is 17.1 Å². The topological polar surface area (TPSA) is 138 Å². The van der Waals surface area contributed by atoms with Gasteiger partial charge in [0.05, 0.1) is 16.5 Å². The molecule has 0 saturated carbocycles. The van der Waals surface area contributed by atoms with Crippen molar-refractivity contribution in [2.75, 3.05) is 0 Å². The van der Waals surface area contributed by atoms with Crippen molar-refractivity contribution in [2.45, 2.75) is 9.79 Å². The van der Waals surface area contributed by atoms with E-state index in [-0.39, 0.29) is 5.56 Å². The minimum atomic E-state index is -4.90. The Labute approximate surface area is 131 Å². The van der Waals surface area contributed by atoms with Gasteiger partial charge in [-0.1, -0.05) is 12.1 Å². The number of sulfonamides is 1. The van der Waals surface area contributed by atoms with E-state index < -0.39 is 46.9 Å². The highest BCUT2D eigenvalue weighted by atomic mass is 32.2. The summed E-state index contributed by atoms with van der Waals surface area (Å²) in [6.07, 6.45) is 0. The van der Waals surface area contributed by atoms with E-state index in [9.17, 15) is 25.8 Å². The number of nitrogens with zero attached hydrogens (tertiary/aromatic N) is 1. The summed E-state index contributed by atoms with van der Waals surface area (Å²) in [7, 11) is -9.36. The third kappa shape index (κ3) is 3.22. The maximum atomic E-state index is 14.2. The predicted molar refractivity (Wildman–Crippen MR) is 77.7 cm³/mol. The Balaban J connectivity index is 3.12. The minimum absolute atomic E-state index is 0.314. The SMILES string of the molecule is N#Cc1cccc(F)c1-c1c(S(N)(=O)=O)cccc1S(=O)(=O)O. The van der Waals surface area contributed by atoms with Crippen LogP contribution >= 0.6 is 0 Å². The number of rotatable bonds is 3. The molecule has 0 heterocycles. The van der Waals surface area contributed by atoms with Crippen molar-refractivity contribution in [3.05, 3.63) is 47.8 Å². The highest BCUT2D eigenvalue weighted by Gasteiger charge is 2.28. The van der Waals surface area contributed by atoms with Gasteiger partial charge in [-0.25, -0.2) is 17.9 Å².